The summed E-state index contributed by atoms with van der Waals surface area (Å²) in [5, 5.41) is 0.661. The van der Waals surface area contributed by atoms with E-state index < -0.39 is 0 Å². The van der Waals surface area contributed by atoms with Gasteiger partial charge in [-0.3, -0.25) is 4.79 Å². The van der Waals surface area contributed by atoms with Crippen LogP contribution in [0.2, 0.25) is 5.02 Å². The highest BCUT2D eigenvalue weighted by atomic mass is 35.5. The van der Waals surface area contributed by atoms with Gasteiger partial charge in [0.25, 0.3) is 0 Å². The molecule has 0 atom stereocenters. The minimum atomic E-state index is 0.0390. The van der Waals surface area contributed by atoms with Crippen LogP contribution in [0.15, 0.2) is 48.5 Å². The highest BCUT2D eigenvalue weighted by Crippen LogP contribution is 2.26. The highest BCUT2D eigenvalue weighted by Gasteiger charge is 2.10. The van der Waals surface area contributed by atoms with Crippen LogP contribution in [0.25, 0.3) is 0 Å². The number of hydrogen-bond donors (Lipinski definition) is 0. The van der Waals surface area contributed by atoms with Crippen molar-refractivity contribution >= 4 is 17.5 Å². The molecule has 2 aromatic rings. The van der Waals surface area contributed by atoms with Crippen molar-refractivity contribution < 1.29 is 9.53 Å². The normalized spacial score (nSPS) is 10.2. The second-order valence-electron chi connectivity index (χ2n) is 4.63. The molecule has 1 amide bonds. The molecule has 0 aliphatic rings. The van der Waals surface area contributed by atoms with Crippen molar-refractivity contribution in [3.63, 3.8) is 0 Å². The number of likely N-dealkylation sites (N-methyl/N-ethyl adjacent to an activating group) is 1. The largest absolute Gasteiger partial charge is 0.457 e. The van der Waals surface area contributed by atoms with E-state index in [1.54, 1.807) is 43.3 Å². The predicted octanol–water partition coefficient (Wildman–Crippen LogP) is 3.76. The van der Waals surface area contributed by atoms with E-state index in [9.17, 15) is 4.79 Å². The van der Waals surface area contributed by atoms with Gasteiger partial charge in [-0.05, 0) is 30.3 Å². The molecule has 0 heterocycles. The molecule has 0 aliphatic heterocycles. The van der Waals surface area contributed by atoms with Gasteiger partial charge in [-0.2, -0.15) is 0 Å². The molecule has 2 rings (SSSR count). The van der Waals surface area contributed by atoms with Crippen LogP contribution in [0.5, 0.6) is 11.5 Å². The first-order valence-electron chi connectivity index (χ1n) is 6.28. The zero-order valence-electron chi connectivity index (χ0n) is 11.5. The number of halogens is 1. The number of rotatable bonds is 4. The Morgan fingerprint density at radius 1 is 1.10 bits per heavy atom. The zero-order chi connectivity index (χ0) is 14.5. The summed E-state index contributed by atoms with van der Waals surface area (Å²) < 4.78 is 5.82. The van der Waals surface area contributed by atoms with Gasteiger partial charge >= 0.3 is 0 Å². The van der Waals surface area contributed by atoms with E-state index in [2.05, 4.69) is 0 Å². The Morgan fingerprint density at radius 2 is 1.75 bits per heavy atom. The number of para-hydroxylation sites is 1. The number of ether oxygens (including phenoxy) is 1. The second kappa shape index (κ2) is 6.44. The summed E-state index contributed by atoms with van der Waals surface area (Å²) in [5.41, 5.74) is 0.862. The van der Waals surface area contributed by atoms with Gasteiger partial charge in [0.05, 0.1) is 6.42 Å². The highest BCUT2D eigenvalue weighted by molar-refractivity contribution is 6.30. The van der Waals surface area contributed by atoms with Gasteiger partial charge in [-0.15, -0.1) is 0 Å². The maximum Gasteiger partial charge on any atom is 0.226 e. The van der Waals surface area contributed by atoms with Crippen LogP contribution in [0.3, 0.4) is 0 Å². The lowest BCUT2D eigenvalue weighted by molar-refractivity contribution is -0.127. The van der Waals surface area contributed by atoms with Crippen molar-refractivity contribution in [3.8, 4) is 11.5 Å². The topological polar surface area (TPSA) is 29.5 Å². The molecule has 4 heteroatoms. The standard InChI is InChI=1S/C16H16ClNO2/c1-18(2)16(19)11-12-5-3-4-6-15(12)20-14-9-7-13(17)8-10-14/h3-10H,11H2,1-2H3. The van der Waals surface area contributed by atoms with Crippen LogP contribution >= 0.6 is 11.6 Å². The van der Waals surface area contributed by atoms with Crippen LogP contribution in [0.4, 0.5) is 0 Å². The third-order valence-electron chi connectivity index (χ3n) is 2.85. The summed E-state index contributed by atoms with van der Waals surface area (Å²) in [6, 6.07) is 14.7. The molecule has 3 nitrogen and oxygen atoms in total. The molecule has 0 N–H and O–H groups in total. The first kappa shape index (κ1) is 14.4. The minimum absolute atomic E-state index is 0.0390. The SMILES string of the molecule is CN(C)C(=O)Cc1ccccc1Oc1ccc(Cl)cc1. The fourth-order valence-electron chi connectivity index (χ4n) is 1.70. The van der Waals surface area contributed by atoms with Crippen molar-refractivity contribution in [2.24, 2.45) is 0 Å². The van der Waals surface area contributed by atoms with Crippen LogP contribution < -0.4 is 4.74 Å². The third kappa shape index (κ3) is 3.75. The lowest BCUT2D eigenvalue weighted by Gasteiger charge is -2.13. The molecular formula is C16H16ClNO2. The number of amides is 1. The Kier molecular flexibility index (Phi) is 4.64. The van der Waals surface area contributed by atoms with Gasteiger partial charge in [0.15, 0.2) is 0 Å². The van der Waals surface area contributed by atoms with Gasteiger partial charge in [-0.25, -0.2) is 0 Å². The summed E-state index contributed by atoms with van der Waals surface area (Å²) in [6.45, 7) is 0. The molecular weight excluding hydrogens is 274 g/mol. The van der Waals surface area contributed by atoms with Crippen LogP contribution in [0.1, 0.15) is 5.56 Å². The maximum atomic E-state index is 11.8. The number of carbonyl (C=O) groups excluding carboxylic acids is 1. The van der Waals surface area contributed by atoms with E-state index in [0.29, 0.717) is 22.9 Å². The molecule has 0 radical (unpaired) electrons. The smallest absolute Gasteiger partial charge is 0.226 e. The van der Waals surface area contributed by atoms with E-state index in [1.165, 1.54) is 0 Å². The lowest BCUT2D eigenvalue weighted by Crippen LogP contribution is -2.23. The summed E-state index contributed by atoms with van der Waals surface area (Å²) in [5.74, 6) is 1.42. The van der Waals surface area contributed by atoms with Crippen molar-refractivity contribution in [3.05, 3.63) is 59.1 Å². The van der Waals surface area contributed by atoms with Crippen molar-refractivity contribution in [1.82, 2.24) is 4.90 Å². The molecule has 0 fully saturated rings. The molecule has 0 aliphatic carbocycles. The molecule has 2 aromatic carbocycles. The molecule has 0 bridgehead atoms. The van der Waals surface area contributed by atoms with Crippen molar-refractivity contribution in [2.45, 2.75) is 6.42 Å². The fraction of sp³-hybridized carbons (Fsp3) is 0.188. The zero-order valence-corrected chi connectivity index (χ0v) is 12.2. The minimum Gasteiger partial charge on any atom is -0.457 e. The number of nitrogens with zero attached hydrogens (tertiary/aromatic N) is 1. The fourth-order valence-corrected chi connectivity index (χ4v) is 1.83. The Labute approximate surface area is 123 Å². The lowest BCUT2D eigenvalue weighted by atomic mass is 10.1. The first-order chi connectivity index (χ1) is 9.56. The first-order valence-corrected chi connectivity index (χ1v) is 6.65. The Morgan fingerprint density at radius 3 is 2.40 bits per heavy atom. The Bertz CT molecular complexity index is 594. The third-order valence-corrected chi connectivity index (χ3v) is 3.11. The number of hydrogen-bond acceptors (Lipinski definition) is 2. The van der Waals surface area contributed by atoms with Gasteiger partial charge in [0, 0.05) is 24.7 Å². The molecule has 20 heavy (non-hydrogen) atoms. The summed E-state index contributed by atoms with van der Waals surface area (Å²) >= 11 is 5.84. The van der Waals surface area contributed by atoms with Crippen LogP contribution in [-0.4, -0.2) is 24.9 Å². The number of benzene rings is 2. The quantitative estimate of drug-likeness (QED) is 0.857. The summed E-state index contributed by atoms with van der Waals surface area (Å²) in [4.78, 5) is 13.4. The van der Waals surface area contributed by atoms with Gasteiger partial charge in [0.1, 0.15) is 11.5 Å². The van der Waals surface area contributed by atoms with Gasteiger partial charge in [-0.1, -0.05) is 29.8 Å². The Balaban J connectivity index is 2.19. The second-order valence-corrected chi connectivity index (χ2v) is 5.07. The molecule has 0 saturated carbocycles. The van der Waals surface area contributed by atoms with Crippen LogP contribution in [-0.2, 0) is 11.2 Å². The maximum absolute atomic E-state index is 11.8. The van der Waals surface area contributed by atoms with Gasteiger partial charge in [0.2, 0.25) is 5.91 Å². The predicted molar refractivity (Wildman–Crippen MR) is 80.4 cm³/mol. The van der Waals surface area contributed by atoms with Crippen molar-refractivity contribution in [2.75, 3.05) is 14.1 Å². The van der Waals surface area contributed by atoms with Crippen LogP contribution in [0, 0.1) is 0 Å². The Hall–Kier alpha value is -2.00. The van der Waals surface area contributed by atoms with Gasteiger partial charge < -0.3 is 9.64 Å². The van der Waals surface area contributed by atoms with Crippen molar-refractivity contribution in [1.29, 1.82) is 0 Å². The molecule has 104 valence electrons. The molecule has 0 unspecified atom stereocenters. The summed E-state index contributed by atoms with van der Waals surface area (Å²) in [6.07, 6.45) is 0.316. The average molecular weight is 290 g/mol. The van der Waals surface area contributed by atoms with E-state index in [-0.39, 0.29) is 5.91 Å². The van der Waals surface area contributed by atoms with E-state index in [0.717, 1.165) is 5.56 Å². The molecule has 0 aromatic heterocycles. The molecule has 0 saturated heterocycles. The molecule has 0 spiro atoms. The number of carbonyl (C=O) groups is 1. The van der Waals surface area contributed by atoms with E-state index in [1.807, 2.05) is 24.3 Å². The summed E-state index contributed by atoms with van der Waals surface area (Å²) in [7, 11) is 3.48. The van der Waals surface area contributed by atoms with E-state index >= 15 is 0 Å². The average Bonchev–Trinajstić information content (AvgIpc) is 2.43. The van der Waals surface area contributed by atoms with E-state index in [4.69, 9.17) is 16.3 Å². The monoisotopic (exact) mass is 289 g/mol.